The molecule has 2 aromatic rings. The van der Waals surface area contributed by atoms with Crippen molar-refractivity contribution < 1.29 is 4.79 Å². The Morgan fingerprint density at radius 2 is 1.85 bits per heavy atom. The van der Waals surface area contributed by atoms with Crippen molar-refractivity contribution in [2.24, 2.45) is 0 Å². The summed E-state index contributed by atoms with van der Waals surface area (Å²) in [6.07, 6.45) is 4.13. The first-order valence-corrected chi connectivity index (χ1v) is 8.93. The van der Waals surface area contributed by atoms with Gasteiger partial charge in [0, 0.05) is 24.5 Å². The molecule has 0 atom stereocenters. The second-order valence-electron chi connectivity index (χ2n) is 6.67. The molecule has 0 aliphatic carbocycles. The number of benzene rings is 2. The van der Waals surface area contributed by atoms with Crippen LogP contribution in [0.3, 0.4) is 0 Å². The van der Waals surface area contributed by atoms with E-state index in [9.17, 15) is 10.1 Å². The lowest BCUT2D eigenvalue weighted by atomic mass is 10.0. The highest BCUT2D eigenvalue weighted by atomic mass is 16.1. The molecule has 0 unspecified atom stereocenters. The van der Waals surface area contributed by atoms with Crippen molar-refractivity contribution in [1.29, 1.82) is 5.26 Å². The first-order chi connectivity index (χ1) is 12.6. The summed E-state index contributed by atoms with van der Waals surface area (Å²) in [7, 11) is 0. The van der Waals surface area contributed by atoms with Gasteiger partial charge < -0.3 is 10.2 Å². The third-order valence-electron chi connectivity index (χ3n) is 4.78. The smallest absolute Gasteiger partial charge is 0.266 e. The number of rotatable bonds is 4. The number of para-hydroxylation sites is 1. The van der Waals surface area contributed by atoms with E-state index in [0.717, 1.165) is 35.5 Å². The summed E-state index contributed by atoms with van der Waals surface area (Å²) in [6, 6.07) is 15.7. The van der Waals surface area contributed by atoms with Gasteiger partial charge in [0.15, 0.2) is 0 Å². The summed E-state index contributed by atoms with van der Waals surface area (Å²) in [4.78, 5) is 14.8. The first kappa shape index (κ1) is 17.8. The van der Waals surface area contributed by atoms with Crippen molar-refractivity contribution in [2.75, 3.05) is 23.3 Å². The van der Waals surface area contributed by atoms with Gasteiger partial charge in [-0.15, -0.1) is 0 Å². The minimum atomic E-state index is -0.384. The van der Waals surface area contributed by atoms with E-state index in [2.05, 4.69) is 22.3 Å². The fourth-order valence-corrected chi connectivity index (χ4v) is 3.20. The lowest BCUT2D eigenvalue weighted by Gasteiger charge is -2.18. The van der Waals surface area contributed by atoms with Crippen molar-refractivity contribution in [1.82, 2.24) is 0 Å². The van der Waals surface area contributed by atoms with Gasteiger partial charge in [-0.1, -0.05) is 24.3 Å². The number of hydrogen-bond donors (Lipinski definition) is 1. The maximum atomic E-state index is 12.5. The van der Waals surface area contributed by atoms with Crippen LogP contribution in [0.2, 0.25) is 0 Å². The molecule has 0 spiro atoms. The number of carbonyl (C=O) groups excluding carboxylic acids is 1. The van der Waals surface area contributed by atoms with Crippen LogP contribution in [0.15, 0.2) is 48.0 Å². The summed E-state index contributed by atoms with van der Waals surface area (Å²) >= 11 is 0. The van der Waals surface area contributed by atoms with Crippen LogP contribution in [0.25, 0.3) is 6.08 Å². The molecule has 0 saturated carbocycles. The molecule has 26 heavy (non-hydrogen) atoms. The highest BCUT2D eigenvalue weighted by Gasteiger charge is 2.14. The molecule has 4 heteroatoms. The van der Waals surface area contributed by atoms with Crippen molar-refractivity contribution in [3.63, 3.8) is 0 Å². The summed E-state index contributed by atoms with van der Waals surface area (Å²) < 4.78 is 0. The van der Waals surface area contributed by atoms with Crippen LogP contribution in [0.1, 0.15) is 29.5 Å². The molecule has 0 aromatic heterocycles. The molecule has 0 bridgehead atoms. The van der Waals surface area contributed by atoms with E-state index in [0.29, 0.717) is 0 Å². The van der Waals surface area contributed by atoms with E-state index in [-0.39, 0.29) is 11.5 Å². The molecule has 1 amide bonds. The third-order valence-corrected chi connectivity index (χ3v) is 4.78. The molecular weight excluding hydrogens is 322 g/mol. The Morgan fingerprint density at radius 1 is 1.12 bits per heavy atom. The van der Waals surface area contributed by atoms with Gasteiger partial charge in [0.05, 0.1) is 0 Å². The average Bonchev–Trinajstić information content (AvgIpc) is 3.17. The number of aryl methyl sites for hydroxylation is 2. The monoisotopic (exact) mass is 345 g/mol. The van der Waals surface area contributed by atoms with Gasteiger partial charge >= 0.3 is 0 Å². The molecule has 1 aliphatic heterocycles. The fourth-order valence-electron chi connectivity index (χ4n) is 3.20. The van der Waals surface area contributed by atoms with Crippen molar-refractivity contribution in [3.8, 4) is 6.07 Å². The Hall–Kier alpha value is -3.06. The van der Waals surface area contributed by atoms with Crippen LogP contribution in [-0.2, 0) is 4.79 Å². The molecule has 4 nitrogen and oxygen atoms in total. The van der Waals surface area contributed by atoms with Crippen LogP contribution in [-0.4, -0.2) is 19.0 Å². The number of amides is 1. The van der Waals surface area contributed by atoms with E-state index >= 15 is 0 Å². The van der Waals surface area contributed by atoms with E-state index in [1.54, 1.807) is 6.08 Å². The number of nitrogens with zero attached hydrogens (tertiary/aromatic N) is 2. The predicted octanol–water partition coefficient (Wildman–Crippen LogP) is 4.45. The van der Waals surface area contributed by atoms with Gasteiger partial charge in [0.25, 0.3) is 5.91 Å². The molecule has 3 rings (SSSR count). The quantitative estimate of drug-likeness (QED) is 0.658. The van der Waals surface area contributed by atoms with Crippen LogP contribution < -0.4 is 10.2 Å². The average molecular weight is 345 g/mol. The predicted molar refractivity (Wildman–Crippen MR) is 106 cm³/mol. The topological polar surface area (TPSA) is 56.1 Å². The number of carbonyl (C=O) groups is 1. The molecule has 0 radical (unpaired) electrons. The molecule has 1 fully saturated rings. The summed E-state index contributed by atoms with van der Waals surface area (Å²) in [6.45, 7) is 6.13. The van der Waals surface area contributed by atoms with Crippen LogP contribution >= 0.6 is 0 Å². The normalized spacial score (nSPS) is 14.2. The van der Waals surface area contributed by atoms with E-state index in [1.807, 2.05) is 50.2 Å². The molecule has 2 aromatic carbocycles. The minimum Gasteiger partial charge on any atom is -0.372 e. The molecule has 1 heterocycles. The van der Waals surface area contributed by atoms with Crippen molar-refractivity contribution in [3.05, 3.63) is 64.7 Å². The number of anilines is 2. The zero-order chi connectivity index (χ0) is 18.5. The Morgan fingerprint density at radius 3 is 2.50 bits per heavy atom. The molecule has 1 saturated heterocycles. The van der Waals surface area contributed by atoms with E-state index < -0.39 is 0 Å². The Balaban J connectivity index is 1.81. The highest BCUT2D eigenvalue weighted by molar-refractivity contribution is 6.10. The largest absolute Gasteiger partial charge is 0.372 e. The Kier molecular flexibility index (Phi) is 5.38. The fraction of sp³-hybridized carbons (Fsp3) is 0.273. The second-order valence-corrected chi connectivity index (χ2v) is 6.67. The van der Waals surface area contributed by atoms with Gasteiger partial charge in [-0.3, -0.25) is 4.79 Å². The molecular formula is C22H23N3O. The van der Waals surface area contributed by atoms with Crippen molar-refractivity contribution in [2.45, 2.75) is 26.7 Å². The van der Waals surface area contributed by atoms with E-state index in [1.165, 1.54) is 18.5 Å². The Labute approximate surface area is 154 Å². The number of nitrogens with one attached hydrogen (secondary N) is 1. The summed E-state index contributed by atoms with van der Waals surface area (Å²) in [5.41, 5.74) is 4.95. The van der Waals surface area contributed by atoms with Crippen molar-refractivity contribution >= 4 is 23.4 Å². The van der Waals surface area contributed by atoms with Gasteiger partial charge in [-0.25, -0.2) is 0 Å². The van der Waals surface area contributed by atoms with Gasteiger partial charge in [0.2, 0.25) is 0 Å². The Bertz CT molecular complexity index is 887. The highest BCUT2D eigenvalue weighted by Crippen LogP contribution is 2.24. The van der Waals surface area contributed by atoms with Gasteiger partial charge in [-0.2, -0.15) is 5.26 Å². The standard InChI is InChI=1S/C22H23N3O/c1-16-7-3-4-8-21(16)24-22(26)19(15-23)14-18-9-10-20(13-17(18)2)25-11-5-6-12-25/h3-4,7-10,13-14H,5-6,11-12H2,1-2H3,(H,24,26)/b19-14-. The third kappa shape index (κ3) is 3.94. The molecule has 1 aliphatic rings. The van der Waals surface area contributed by atoms with Crippen LogP contribution in [0.4, 0.5) is 11.4 Å². The SMILES string of the molecule is Cc1cc(N2CCCC2)ccc1/C=C(/C#N)C(=O)Nc1ccccc1C. The first-order valence-electron chi connectivity index (χ1n) is 8.93. The lowest BCUT2D eigenvalue weighted by molar-refractivity contribution is -0.112. The van der Waals surface area contributed by atoms with Crippen LogP contribution in [0.5, 0.6) is 0 Å². The summed E-state index contributed by atoms with van der Waals surface area (Å²) in [5.74, 6) is -0.384. The van der Waals surface area contributed by atoms with E-state index in [4.69, 9.17) is 0 Å². The number of nitriles is 1. The van der Waals surface area contributed by atoms with Crippen LogP contribution in [0, 0.1) is 25.2 Å². The maximum absolute atomic E-state index is 12.5. The second kappa shape index (κ2) is 7.88. The molecule has 132 valence electrons. The zero-order valence-electron chi connectivity index (χ0n) is 15.2. The van der Waals surface area contributed by atoms with Gasteiger partial charge in [0.1, 0.15) is 11.6 Å². The number of hydrogen-bond acceptors (Lipinski definition) is 3. The lowest BCUT2D eigenvalue weighted by Crippen LogP contribution is -2.17. The maximum Gasteiger partial charge on any atom is 0.266 e. The van der Waals surface area contributed by atoms with Gasteiger partial charge in [-0.05, 0) is 67.7 Å². The molecule has 1 N–H and O–H groups in total. The summed E-state index contributed by atoms with van der Waals surface area (Å²) in [5, 5.41) is 12.3. The zero-order valence-corrected chi connectivity index (χ0v) is 15.2. The minimum absolute atomic E-state index is 0.102.